The molecule has 0 aliphatic carbocycles. The number of carbonyl (C=O) groups excluding carboxylic acids is 3. The van der Waals surface area contributed by atoms with E-state index < -0.39 is 35.3 Å². The van der Waals surface area contributed by atoms with Gasteiger partial charge in [0.1, 0.15) is 17.2 Å². The Morgan fingerprint density at radius 3 is 2.09 bits per heavy atom. The number of benzene rings is 1. The molecule has 0 spiro atoms. The molecule has 0 heterocycles. The molecule has 1 aromatic rings. The molecule has 1 aromatic carbocycles. The second-order valence-corrected chi connectivity index (χ2v) is 9.36. The highest BCUT2D eigenvalue weighted by atomic mass is 16.6. The van der Waals surface area contributed by atoms with Crippen LogP contribution in [0.2, 0.25) is 0 Å². The van der Waals surface area contributed by atoms with Gasteiger partial charge >= 0.3 is 18.0 Å². The number of esters is 2. The van der Waals surface area contributed by atoms with E-state index in [4.69, 9.17) is 14.2 Å². The predicted molar refractivity (Wildman–Crippen MR) is 123 cm³/mol. The van der Waals surface area contributed by atoms with Gasteiger partial charge in [0.15, 0.2) is 0 Å². The van der Waals surface area contributed by atoms with Crippen LogP contribution in [-0.2, 0) is 30.2 Å². The Kier molecular flexibility index (Phi) is 10.4. The summed E-state index contributed by atoms with van der Waals surface area (Å²) in [6.45, 7) is 12.8. The lowest BCUT2D eigenvalue weighted by atomic mass is 10.0. The zero-order chi connectivity index (χ0) is 24.4. The molecule has 0 unspecified atom stereocenters. The Bertz CT molecular complexity index is 774. The van der Waals surface area contributed by atoms with Gasteiger partial charge in [0.05, 0.1) is 6.61 Å². The highest BCUT2D eigenvalue weighted by Gasteiger charge is 2.33. The SMILES string of the molecule is CCOC(=O)[C@H](Cc1ccccc1)N(CC/C=C\C(=O)OC(C)(C)C)C(=O)OC(C)(C)C. The number of amides is 1. The Balaban J connectivity index is 3.07. The molecule has 0 saturated carbocycles. The normalized spacial score (nSPS) is 12.8. The molecule has 1 atom stereocenters. The van der Waals surface area contributed by atoms with Crippen LogP contribution in [0.3, 0.4) is 0 Å². The zero-order valence-electron chi connectivity index (χ0n) is 20.3. The molecule has 0 bridgehead atoms. The van der Waals surface area contributed by atoms with Crippen LogP contribution in [0.25, 0.3) is 0 Å². The predicted octanol–water partition coefficient (Wildman–Crippen LogP) is 4.69. The molecule has 0 aromatic heterocycles. The van der Waals surface area contributed by atoms with Gasteiger partial charge in [-0.15, -0.1) is 0 Å². The summed E-state index contributed by atoms with van der Waals surface area (Å²) in [5.41, 5.74) is -0.425. The smallest absolute Gasteiger partial charge is 0.411 e. The third kappa shape index (κ3) is 11.0. The average Bonchev–Trinajstić information content (AvgIpc) is 2.64. The third-order valence-electron chi connectivity index (χ3n) is 4.03. The number of ether oxygens (including phenoxy) is 3. The zero-order valence-corrected chi connectivity index (χ0v) is 20.3. The van der Waals surface area contributed by atoms with E-state index in [1.807, 2.05) is 30.3 Å². The highest BCUT2D eigenvalue weighted by Crippen LogP contribution is 2.17. The Hall–Kier alpha value is -2.83. The molecule has 0 aliphatic rings. The monoisotopic (exact) mass is 447 g/mol. The van der Waals surface area contributed by atoms with Gasteiger partial charge in [-0.2, -0.15) is 0 Å². The van der Waals surface area contributed by atoms with E-state index in [1.54, 1.807) is 54.5 Å². The van der Waals surface area contributed by atoms with Crippen molar-refractivity contribution in [3.05, 3.63) is 48.0 Å². The molecular weight excluding hydrogens is 410 g/mol. The number of nitrogens with zero attached hydrogens (tertiary/aromatic N) is 1. The van der Waals surface area contributed by atoms with Gasteiger partial charge < -0.3 is 14.2 Å². The van der Waals surface area contributed by atoms with E-state index in [0.717, 1.165) is 5.56 Å². The van der Waals surface area contributed by atoms with Gasteiger partial charge in [-0.05, 0) is 60.5 Å². The van der Waals surface area contributed by atoms with E-state index in [0.29, 0.717) is 6.42 Å². The van der Waals surface area contributed by atoms with Gasteiger partial charge in [0, 0.05) is 19.0 Å². The minimum Gasteiger partial charge on any atom is -0.464 e. The molecular formula is C25H37NO6. The number of hydrogen-bond donors (Lipinski definition) is 0. The summed E-state index contributed by atoms with van der Waals surface area (Å²) < 4.78 is 16.1. The quantitative estimate of drug-likeness (QED) is 0.310. The maximum atomic E-state index is 13.0. The van der Waals surface area contributed by atoms with Gasteiger partial charge in [-0.25, -0.2) is 14.4 Å². The summed E-state index contributed by atoms with van der Waals surface area (Å²) in [6.07, 6.45) is 2.96. The molecule has 0 radical (unpaired) electrons. The number of hydrogen-bond acceptors (Lipinski definition) is 6. The van der Waals surface area contributed by atoms with Crippen LogP contribution in [0.15, 0.2) is 42.5 Å². The first kappa shape index (κ1) is 27.2. The lowest BCUT2D eigenvalue weighted by Gasteiger charge is -2.32. The van der Waals surface area contributed by atoms with Crippen molar-refractivity contribution in [1.29, 1.82) is 0 Å². The van der Waals surface area contributed by atoms with Crippen molar-refractivity contribution < 1.29 is 28.6 Å². The fourth-order valence-electron chi connectivity index (χ4n) is 2.82. The number of rotatable bonds is 9. The number of carbonyl (C=O) groups is 3. The van der Waals surface area contributed by atoms with Crippen LogP contribution in [0.4, 0.5) is 4.79 Å². The van der Waals surface area contributed by atoms with Crippen molar-refractivity contribution in [2.75, 3.05) is 13.2 Å². The molecule has 0 saturated heterocycles. The lowest BCUT2D eigenvalue weighted by Crippen LogP contribution is -2.49. The standard InChI is InChI=1S/C25H37NO6/c1-8-30-22(28)20(18-19-14-10-9-11-15-19)26(23(29)32-25(5,6)7)17-13-12-16-21(27)31-24(2,3)4/h9-12,14-16,20H,8,13,17-18H2,1-7H3/b16-12-/t20-/m0/s1. The van der Waals surface area contributed by atoms with Crippen molar-refractivity contribution in [2.24, 2.45) is 0 Å². The summed E-state index contributed by atoms with van der Waals surface area (Å²) >= 11 is 0. The molecule has 178 valence electrons. The minimum atomic E-state index is -0.859. The molecule has 7 heteroatoms. The van der Waals surface area contributed by atoms with E-state index >= 15 is 0 Å². The fraction of sp³-hybridized carbons (Fsp3) is 0.560. The molecule has 0 fully saturated rings. The molecule has 0 aliphatic heterocycles. The molecule has 1 amide bonds. The van der Waals surface area contributed by atoms with Crippen LogP contribution in [0.1, 0.15) is 60.5 Å². The summed E-state index contributed by atoms with van der Waals surface area (Å²) in [4.78, 5) is 39.1. The van der Waals surface area contributed by atoms with Crippen LogP contribution in [0, 0.1) is 0 Å². The summed E-state index contributed by atoms with van der Waals surface area (Å²) in [5.74, 6) is -0.967. The van der Waals surface area contributed by atoms with Crippen molar-refractivity contribution >= 4 is 18.0 Å². The van der Waals surface area contributed by atoms with Gasteiger partial charge in [-0.3, -0.25) is 4.90 Å². The summed E-state index contributed by atoms with van der Waals surface area (Å²) in [7, 11) is 0. The van der Waals surface area contributed by atoms with Gasteiger partial charge in [0.25, 0.3) is 0 Å². The van der Waals surface area contributed by atoms with E-state index in [2.05, 4.69) is 0 Å². The maximum Gasteiger partial charge on any atom is 0.411 e. The fourth-order valence-corrected chi connectivity index (χ4v) is 2.82. The Morgan fingerprint density at radius 1 is 0.969 bits per heavy atom. The molecule has 7 nitrogen and oxygen atoms in total. The first-order valence-corrected chi connectivity index (χ1v) is 10.9. The van der Waals surface area contributed by atoms with Crippen molar-refractivity contribution in [3.8, 4) is 0 Å². The second kappa shape index (κ2) is 12.3. The lowest BCUT2D eigenvalue weighted by molar-refractivity contribution is -0.150. The van der Waals surface area contributed by atoms with Gasteiger partial charge in [0.2, 0.25) is 0 Å². The van der Waals surface area contributed by atoms with Crippen molar-refractivity contribution in [3.63, 3.8) is 0 Å². The summed E-state index contributed by atoms with van der Waals surface area (Å²) in [6, 6.07) is 8.56. The molecule has 1 rings (SSSR count). The highest BCUT2D eigenvalue weighted by molar-refractivity contribution is 5.83. The van der Waals surface area contributed by atoms with Gasteiger partial charge in [-0.1, -0.05) is 36.4 Å². The van der Waals surface area contributed by atoms with E-state index in [-0.39, 0.29) is 19.6 Å². The summed E-state index contributed by atoms with van der Waals surface area (Å²) in [5, 5.41) is 0. The second-order valence-electron chi connectivity index (χ2n) is 9.36. The van der Waals surface area contributed by atoms with Crippen LogP contribution in [-0.4, -0.2) is 53.3 Å². The van der Waals surface area contributed by atoms with Crippen molar-refractivity contribution in [1.82, 2.24) is 4.90 Å². The largest absolute Gasteiger partial charge is 0.464 e. The van der Waals surface area contributed by atoms with E-state index in [1.165, 1.54) is 11.0 Å². The van der Waals surface area contributed by atoms with Crippen LogP contribution >= 0.6 is 0 Å². The first-order chi connectivity index (χ1) is 14.8. The Morgan fingerprint density at radius 2 is 1.56 bits per heavy atom. The van der Waals surface area contributed by atoms with Crippen LogP contribution in [0.5, 0.6) is 0 Å². The van der Waals surface area contributed by atoms with Crippen LogP contribution < -0.4 is 0 Å². The third-order valence-corrected chi connectivity index (χ3v) is 4.03. The van der Waals surface area contributed by atoms with Crippen molar-refractivity contribution in [2.45, 2.75) is 78.6 Å². The molecule has 32 heavy (non-hydrogen) atoms. The topological polar surface area (TPSA) is 82.1 Å². The molecule has 0 N–H and O–H groups in total. The van der Waals surface area contributed by atoms with E-state index in [9.17, 15) is 14.4 Å². The maximum absolute atomic E-state index is 13.0. The average molecular weight is 448 g/mol. The Labute approximate surface area is 191 Å². The first-order valence-electron chi connectivity index (χ1n) is 10.9. The minimum absolute atomic E-state index is 0.171.